The Labute approximate surface area is 185 Å². The molecule has 0 saturated carbocycles. The van der Waals surface area contributed by atoms with Gasteiger partial charge in [-0.25, -0.2) is 0 Å². The Morgan fingerprint density at radius 3 is 2.38 bits per heavy atom. The van der Waals surface area contributed by atoms with E-state index >= 15 is 0 Å². The van der Waals surface area contributed by atoms with Crippen LogP contribution in [0.4, 0.5) is 23.7 Å². The van der Waals surface area contributed by atoms with Crippen molar-refractivity contribution in [3.8, 4) is 16.9 Å². The van der Waals surface area contributed by atoms with Crippen LogP contribution in [0.15, 0.2) is 35.2 Å². The van der Waals surface area contributed by atoms with Gasteiger partial charge >= 0.3 is 6.36 Å². The fourth-order valence-corrected chi connectivity index (χ4v) is 4.34. The highest BCUT2D eigenvalue weighted by atomic mass is 32.2. The lowest BCUT2D eigenvalue weighted by Crippen LogP contribution is -2.26. The van der Waals surface area contributed by atoms with Gasteiger partial charge in [0.1, 0.15) is 5.75 Å². The summed E-state index contributed by atoms with van der Waals surface area (Å²) in [5.41, 5.74) is 2.11. The molecule has 1 fully saturated rings. The molecule has 2 heterocycles. The molecule has 0 bridgehead atoms. The van der Waals surface area contributed by atoms with Crippen LogP contribution in [-0.4, -0.2) is 23.4 Å². The van der Waals surface area contributed by atoms with Crippen molar-refractivity contribution in [1.29, 1.82) is 0 Å². The van der Waals surface area contributed by atoms with E-state index in [2.05, 4.69) is 15.4 Å². The molecule has 1 saturated heterocycles. The molecule has 0 atom stereocenters. The Balaban J connectivity index is 1.86. The fraction of sp³-hybridized carbons (Fsp3) is 0.227. The smallest absolute Gasteiger partial charge is 0.405 e. The zero-order valence-corrected chi connectivity index (χ0v) is 18.0. The zero-order valence-electron chi connectivity index (χ0n) is 17.1. The zero-order chi connectivity index (χ0) is 23.4. The van der Waals surface area contributed by atoms with Crippen molar-refractivity contribution in [3.05, 3.63) is 51.9 Å². The first-order valence-electron chi connectivity index (χ1n) is 9.47. The SMILES string of the molecule is Cc1cc2c(cc1-c1cc(C=C3SC(=O)NC3=O)ccc1OC(F)(F)F)NC(=O)C2(C)C. The van der Waals surface area contributed by atoms with E-state index < -0.39 is 28.7 Å². The number of alkyl halides is 3. The molecular weight excluding hydrogens is 445 g/mol. The Morgan fingerprint density at radius 2 is 1.75 bits per heavy atom. The maximum atomic E-state index is 13.0. The minimum absolute atomic E-state index is 0.130. The van der Waals surface area contributed by atoms with Crippen molar-refractivity contribution in [2.75, 3.05) is 5.32 Å². The quantitative estimate of drug-likeness (QED) is 0.619. The van der Waals surface area contributed by atoms with Gasteiger partial charge in [-0.1, -0.05) is 12.1 Å². The van der Waals surface area contributed by atoms with Gasteiger partial charge in [0.05, 0.1) is 10.3 Å². The highest BCUT2D eigenvalue weighted by Crippen LogP contribution is 2.44. The highest BCUT2D eigenvalue weighted by Gasteiger charge is 2.39. The number of hydrogen-bond acceptors (Lipinski definition) is 5. The Hall–Kier alpha value is -3.27. The first-order valence-corrected chi connectivity index (χ1v) is 10.3. The first kappa shape index (κ1) is 21.9. The topological polar surface area (TPSA) is 84.5 Å². The number of benzene rings is 2. The summed E-state index contributed by atoms with van der Waals surface area (Å²) < 4.78 is 43.4. The number of carbonyl (C=O) groups excluding carboxylic acids is 3. The number of ether oxygens (including phenoxy) is 1. The summed E-state index contributed by atoms with van der Waals surface area (Å²) in [6, 6.07) is 7.35. The summed E-state index contributed by atoms with van der Waals surface area (Å²) in [7, 11) is 0. The molecule has 32 heavy (non-hydrogen) atoms. The first-order chi connectivity index (χ1) is 14.8. The number of amides is 3. The fourth-order valence-electron chi connectivity index (χ4n) is 3.65. The lowest BCUT2D eigenvalue weighted by molar-refractivity contribution is -0.274. The van der Waals surface area contributed by atoms with Crippen molar-refractivity contribution >= 4 is 40.6 Å². The summed E-state index contributed by atoms with van der Waals surface area (Å²) in [5, 5.41) is 4.38. The van der Waals surface area contributed by atoms with E-state index in [1.54, 1.807) is 32.9 Å². The summed E-state index contributed by atoms with van der Waals surface area (Å²) >= 11 is 0.707. The third kappa shape index (κ3) is 3.97. The van der Waals surface area contributed by atoms with Gasteiger partial charge in [-0.2, -0.15) is 0 Å². The van der Waals surface area contributed by atoms with Crippen LogP contribution in [0.2, 0.25) is 0 Å². The highest BCUT2D eigenvalue weighted by molar-refractivity contribution is 8.18. The van der Waals surface area contributed by atoms with Crippen LogP contribution in [0.1, 0.15) is 30.5 Å². The predicted molar refractivity (Wildman–Crippen MR) is 114 cm³/mol. The van der Waals surface area contributed by atoms with E-state index in [-0.39, 0.29) is 16.4 Å². The van der Waals surface area contributed by atoms with E-state index in [0.29, 0.717) is 34.1 Å². The second-order valence-corrected chi connectivity index (χ2v) is 8.96. The van der Waals surface area contributed by atoms with Crippen molar-refractivity contribution < 1.29 is 32.3 Å². The van der Waals surface area contributed by atoms with E-state index in [0.717, 1.165) is 11.6 Å². The van der Waals surface area contributed by atoms with Gasteiger partial charge in [0.25, 0.3) is 11.1 Å². The Bertz CT molecular complexity index is 1220. The number of rotatable bonds is 3. The van der Waals surface area contributed by atoms with Crippen molar-refractivity contribution in [1.82, 2.24) is 5.32 Å². The average molecular weight is 462 g/mol. The number of anilines is 1. The number of aryl methyl sites for hydroxylation is 1. The molecule has 0 spiro atoms. The third-order valence-electron chi connectivity index (χ3n) is 5.31. The van der Waals surface area contributed by atoms with E-state index in [1.807, 2.05) is 0 Å². The van der Waals surface area contributed by atoms with Gasteiger partial charge in [-0.15, -0.1) is 13.2 Å². The molecule has 2 aromatic rings. The minimum Gasteiger partial charge on any atom is -0.405 e. The molecule has 4 rings (SSSR count). The molecule has 166 valence electrons. The second kappa shape index (κ2) is 7.40. The molecule has 3 amide bonds. The molecule has 2 aromatic carbocycles. The summed E-state index contributed by atoms with van der Waals surface area (Å²) in [6.07, 6.45) is -3.50. The lowest BCUT2D eigenvalue weighted by Gasteiger charge is -2.19. The van der Waals surface area contributed by atoms with Gasteiger partial charge in [-0.05, 0) is 79.1 Å². The number of thioether (sulfide) groups is 1. The molecule has 2 aliphatic heterocycles. The normalized spacial score (nSPS) is 18.6. The Morgan fingerprint density at radius 1 is 1.03 bits per heavy atom. The van der Waals surface area contributed by atoms with E-state index in [9.17, 15) is 27.6 Å². The van der Waals surface area contributed by atoms with Gasteiger partial charge in [0.15, 0.2) is 0 Å². The molecule has 0 radical (unpaired) electrons. The molecule has 0 unspecified atom stereocenters. The minimum atomic E-state index is -4.91. The number of fused-ring (bicyclic) bond motifs is 1. The van der Waals surface area contributed by atoms with Crippen molar-refractivity contribution in [3.63, 3.8) is 0 Å². The van der Waals surface area contributed by atoms with Gasteiger partial charge in [-0.3, -0.25) is 19.7 Å². The maximum Gasteiger partial charge on any atom is 0.573 e. The number of imide groups is 1. The number of nitrogens with one attached hydrogen (secondary N) is 2. The lowest BCUT2D eigenvalue weighted by atomic mass is 9.84. The van der Waals surface area contributed by atoms with Crippen molar-refractivity contribution in [2.24, 2.45) is 0 Å². The molecule has 10 heteroatoms. The molecule has 2 N–H and O–H groups in total. The summed E-state index contributed by atoms with van der Waals surface area (Å²) in [5.74, 6) is -1.20. The van der Waals surface area contributed by atoms with Crippen LogP contribution in [0.25, 0.3) is 17.2 Å². The van der Waals surface area contributed by atoms with Gasteiger partial charge in [0, 0.05) is 11.3 Å². The van der Waals surface area contributed by atoms with Crippen molar-refractivity contribution in [2.45, 2.75) is 32.5 Å². The second-order valence-electron chi connectivity index (χ2n) is 7.95. The summed E-state index contributed by atoms with van der Waals surface area (Å²) in [4.78, 5) is 35.7. The predicted octanol–water partition coefficient (Wildman–Crippen LogP) is 5.11. The summed E-state index contributed by atoms with van der Waals surface area (Å²) in [6.45, 7) is 5.27. The van der Waals surface area contributed by atoms with Crippen LogP contribution in [-0.2, 0) is 15.0 Å². The number of carbonyl (C=O) groups is 3. The van der Waals surface area contributed by atoms with E-state index in [1.165, 1.54) is 18.2 Å². The number of halogens is 3. The van der Waals surface area contributed by atoms with Crippen LogP contribution >= 0.6 is 11.8 Å². The average Bonchev–Trinajstić information content (AvgIpc) is 3.10. The van der Waals surface area contributed by atoms with E-state index in [4.69, 9.17) is 0 Å². The number of hydrogen-bond donors (Lipinski definition) is 2. The monoisotopic (exact) mass is 462 g/mol. The molecule has 0 aromatic heterocycles. The van der Waals surface area contributed by atoms with Crippen LogP contribution < -0.4 is 15.4 Å². The standard InChI is InChI=1S/C22H17F3N2O4S/c1-10-6-14-15(26-19(29)21(14,2)3)9-12(10)13-7-11(4-5-16(13)31-22(23,24)25)8-17-18(28)27-20(30)32-17/h4-9H,1-3H3,(H,26,29)(H,27,28,30). The Kier molecular flexibility index (Phi) is 5.08. The largest absolute Gasteiger partial charge is 0.573 e. The van der Waals surface area contributed by atoms with Crippen LogP contribution in [0.5, 0.6) is 5.75 Å². The molecule has 6 nitrogen and oxygen atoms in total. The molecular formula is C22H17F3N2O4S. The third-order valence-corrected chi connectivity index (χ3v) is 6.12. The maximum absolute atomic E-state index is 13.0. The van der Waals surface area contributed by atoms with Crippen LogP contribution in [0.3, 0.4) is 0 Å². The molecule has 2 aliphatic rings. The molecule has 0 aliphatic carbocycles. The van der Waals surface area contributed by atoms with Gasteiger partial charge in [0.2, 0.25) is 5.91 Å². The van der Waals surface area contributed by atoms with Gasteiger partial charge < -0.3 is 10.1 Å². The van der Waals surface area contributed by atoms with Crippen LogP contribution in [0, 0.1) is 6.92 Å².